The summed E-state index contributed by atoms with van der Waals surface area (Å²) in [6.45, 7) is 0.621. The van der Waals surface area contributed by atoms with Gasteiger partial charge in [-0.3, -0.25) is 4.98 Å². The van der Waals surface area contributed by atoms with Crippen LogP contribution < -0.4 is 10.6 Å². The number of nitrogens with one attached hydrogen (secondary N) is 2. The van der Waals surface area contributed by atoms with Gasteiger partial charge < -0.3 is 10.6 Å². The monoisotopic (exact) mass is 288 g/mol. The molecular weight excluding hydrogens is 276 g/mol. The van der Waals surface area contributed by atoms with Crippen LogP contribution in [0.15, 0.2) is 30.2 Å². The minimum Gasteiger partial charge on any atom is -0.357 e. The van der Waals surface area contributed by atoms with E-state index in [0.29, 0.717) is 24.4 Å². The first-order valence-corrected chi connectivity index (χ1v) is 6.78. The summed E-state index contributed by atoms with van der Waals surface area (Å²) in [5, 5.41) is 10.2. The van der Waals surface area contributed by atoms with Crippen molar-refractivity contribution in [2.24, 2.45) is 0 Å². The zero-order valence-corrected chi connectivity index (χ0v) is 11.5. The molecule has 3 aromatic rings. The lowest BCUT2D eigenvalue weighted by molar-refractivity contribution is 0.797. The molecule has 0 aliphatic heterocycles. The van der Waals surface area contributed by atoms with Crippen LogP contribution in [0.5, 0.6) is 0 Å². The summed E-state index contributed by atoms with van der Waals surface area (Å²) in [7, 11) is 1.76. The van der Waals surface area contributed by atoms with Crippen LogP contribution in [-0.2, 0) is 6.54 Å². The molecule has 0 saturated heterocycles. The molecule has 9 heteroatoms. The molecule has 0 unspecified atom stereocenters. The average molecular weight is 288 g/mol. The minimum atomic E-state index is 0.459. The van der Waals surface area contributed by atoms with Gasteiger partial charge in [-0.2, -0.15) is 20.1 Å². The first-order chi connectivity index (χ1) is 9.85. The van der Waals surface area contributed by atoms with Crippen molar-refractivity contribution in [3.8, 4) is 5.95 Å². The second-order valence-electron chi connectivity index (χ2n) is 3.80. The third-order valence-electron chi connectivity index (χ3n) is 2.46. The van der Waals surface area contributed by atoms with Gasteiger partial charge in [0.1, 0.15) is 0 Å². The van der Waals surface area contributed by atoms with E-state index in [1.54, 1.807) is 41.0 Å². The maximum Gasteiger partial charge on any atom is 0.257 e. The van der Waals surface area contributed by atoms with Gasteiger partial charge in [-0.1, -0.05) is 0 Å². The molecule has 0 saturated carbocycles. The van der Waals surface area contributed by atoms with Crippen LogP contribution in [-0.4, -0.2) is 36.8 Å². The molecule has 0 fully saturated rings. The van der Waals surface area contributed by atoms with E-state index in [0.717, 1.165) is 4.88 Å². The van der Waals surface area contributed by atoms with Gasteiger partial charge in [-0.25, -0.2) is 4.68 Å². The lowest BCUT2D eigenvalue weighted by Gasteiger charge is -2.07. The number of hydrogen-bond acceptors (Lipinski definition) is 8. The Hall–Kier alpha value is -2.55. The summed E-state index contributed by atoms with van der Waals surface area (Å²) >= 11 is 1.58. The number of thiazole rings is 1. The van der Waals surface area contributed by atoms with Crippen molar-refractivity contribution in [1.29, 1.82) is 0 Å². The second kappa shape index (κ2) is 5.61. The molecule has 0 spiro atoms. The quantitative estimate of drug-likeness (QED) is 0.727. The fourth-order valence-corrected chi connectivity index (χ4v) is 2.08. The topological polar surface area (TPSA) is 93.4 Å². The van der Waals surface area contributed by atoms with Crippen molar-refractivity contribution >= 4 is 23.2 Å². The maximum atomic E-state index is 4.33. The minimum absolute atomic E-state index is 0.459. The van der Waals surface area contributed by atoms with Crippen molar-refractivity contribution in [1.82, 2.24) is 29.7 Å². The van der Waals surface area contributed by atoms with Crippen molar-refractivity contribution < 1.29 is 0 Å². The molecule has 3 rings (SSSR count). The molecule has 2 N–H and O–H groups in total. The highest BCUT2D eigenvalue weighted by atomic mass is 32.1. The first-order valence-electron chi connectivity index (χ1n) is 5.90. The lowest BCUT2D eigenvalue weighted by atomic mass is 10.5. The SMILES string of the molecule is CNc1nc(NCc2cncs2)nc(-n2cccn2)n1. The predicted molar refractivity (Wildman–Crippen MR) is 75.9 cm³/mol. The van der Waals surface area contributed by atoms with Gasteiger partial charge in [0.2, 0.25) is 11.9 Å². The van der Waals surface area contributed by atoms with E-state index >= 15 is 0 Å². The Kier molecular flexibility index (Phi) is 3.50. The molecule has 0 bridgehead atoms. The average Bonchev–Trinajstić information content (AvgIpc) is 3.17. The first kappa shape index (κ1) is 12.5. The van der Waals surface area contributed by atoms with E-state index in [1.807, 2.05) is 12.3 Å². The van der Waals surface area contributed by atoms with Crippen molar-refractivity contribution in [3.63, 3.8) is 0 Å². The largest absolute Gasteiger partial charge is 0.357 e. The molecule has 0 aliphatic carbocycles. The van der Waals surface area contributed by atoms with Gasteiger partial charge in [0.05, 0.1) is 12.1 Å². The normalized spacial score (nSPS) is 10.4. The Morgan fingerprint density at radius 3 is 2.85 bits per heavy atom. The van der Waals surface area contributed by atoms with Crippen LogP contribution in [0.25, 0.3) is 5.95 Å². The molecule has 3 aromatic heterocycles. The molecule has 0 radical (unpaired) electrons. The van der Waals surface area contributed by atoms with E-state index in [1.165, 1.54) is 0 Å². The lowest BCUT2D eigenvalue weighted by Crippen LogP contribution is -2.11. The van der Waals surface area contributed by atoms with Crippen LogP contribution in [0.3, 0.4) is 0 Å². The summed E-state index contributed by atoms with van der Waals surface area (Å²) in [6, 6.07) is 1.81. The number of anilines is 2. The summed E-state index contributed by atoms with van der Waals surface area (Å²) < 4.78 is 1.58. The third-order valence-corrected chi connectivity index (χ3v) is 3.24. The molecule has 0 amide bonds. The standard InChI is InChI=1S/C11H12N8S/c1-12-9-16-10(14-6-8-5-13-7-20-8)18-11(17-9)19-4-2-3-15-19/h2-5,7H,6H2,1H3,(H2,12,14,16,17,18). The Labute approximate surface area is 119 Å². The third kappa shape index (κ3) is 2.72. The maximum absolute atomic E-state index is 4.33. The van der Waals surface area contributed by atoms with Gasteiger partial charge in [0, 0.05) is 30.5 Å². The Bertz CT molecular complexity index is 664. The Balaban J connectivity index is 1.84. The predicted octanol–water partition coefficient (Wildman–Crippen LogP) is 1.17. The van der Waals surface area contributed by atoms with Gasteiger partial charge in [0.25, 0.3) is 5.95 Å². The summed E-state index contributed by atoms with van der Waals surface area (Å²) in [5.74, 6) is 1.43. The van der Waals surface area contributed by atoms with Gasteiger partial charge in [-0.15, -0.1) is 11.3 Å². The molecule has 0 aromatic carbocycles. The number of rotatable bonds is 5. The van der Waals surface area contributed by atoms with Gasteiger partial charge in [0.15, 0.2) is 0 Å². The summed E-state index contributed by atoms with van der Waals surface area (Å²) in [4.78, 5) is 18.0. The Morgan fingerprint density at radius 1 is 1.25 bits per heavy atom. The van der Waals surface area contributed by atoms with Crippen LogP contribution >= 0.6 is 11.3 Å². The molecule has 3 heterocycles. The highest BCUT2D eigenvalue weighted by Gasteiger charge is 2.07. The van der Waals surface area contributed by atoms with Crippen LogP contribution in [0.1, 0.15) is 4.88 Å². The molecule has 20 heavy (non-hydrogen) atoms. The number of nitrogens with zero attached hydrogens (tertiary/aromatic N) is 6. The van der Waals surface area contributed by atoms with E-state index < -0.39 is 0 Å². The van der Waals surface area contributed by atoms with Gasteiger partial charge >= 0.3 is 0 Å². The second-order valence-corrected chi connectivity index (χ2v) is 4.78. The fraction of sp³-hybridized carbons (Fsp3) is 0.182. The number of aromatic nitrogens is 6. The van der Waals surface area contributed by atoms with Crippen LogP contribution in [0, 0.1) is 0 Å². The van der Waals surface area contributed by atoms with E-state index in [2.05, 4.69) is 35.7 Å². The highest BCUT2D eigenvalue weighted by molar-refractivity contribution is 7.09. The zero-order chi connectivity index (χ0) is 13.8. The molecule has 102 valence electrons. The van der Waals surface area contributed by atoms with Crippen LogP contribution in [0.4, 0.5) is 11.9 Å². The summed E-state index contributed by atoms with van der Waals surface area (Å²) in [6.07, 6.45) is 5.27. The Morgan fingerprint density at radius 2 is 2.15 bits per heavy atom. The van der Waals surface area contributed by atoms with E-state index in [-0.39, 0.29) is 0 Å². The van der Waals surface area contributed by atoms with E-state index in [9.17, 15) is 0 Å². The van der Waals surface area contributed by atoms with Crippen molar-refractivity contribution in [2.45, 2.75) is 6.54 Å². The van der Waals surface area contributed by atoms with E-state index in [4.69, 9.17) is 0 Å². The van der Waals surface area contributed by atoms with Gasteiger partial charge in [-0.05, 0) is 6.07 Å². The summed E-state index contributed by atoms with van der Waals surface area (Å²) in [5.41, 5.74) is 1.79. The fourth-order valence-electron chi connectivity index (χ4n) is 1.54. The molecular formula is C11H12N8S. The molecule has 0 atom stereocenters. The van der Waals surface area contributed by atoms with Crippen molar-refractivity contribution in [3.05, 3.63) is 35.0 Å². The van der Waals surface area contributed by atoms with Crippen molar-refractivity contribution in [2.75, 3.05) is 17.7 Å². The zero-order valence-electron chi connectivity index (χ0n) is 10.7. The highest BCUT2D eigenvalue weighted by Crippen LogP contribution is 2.11. The number of hydrogen-bond donors (Lipinski definition) is 2. The molecule has 0 aliphatic rings. The molecule has 8 nitrogen and oxygen atoms in total. The smallest absolute Gasteiger partial charge is 0.257 e. The van der Waals surface area contributed by atoms with Crippen LogP contribution in [0.2, 0.25) is 0 Å².